The lowest BCUT2D eigenvalue weighted by atomic mass is 10.2. The summed E-state index contributed by atoms with van der Waals surface area (Å²) in [6.45, 7) is 0.588. The number of ether oxygens (including phenoxy) is 1. The Morgan fingerprint density at radius 3 is 2.72 bits per heavy atom. The molecule has 5 heteroatoms. The van der Waals surface area contributed by atoms with Gasteiger partial charge in [-0.2, -0.15) is 0 Å². The second-order valence-electron chi connectivity index (χ2n) is 3.92. The summed E-state index contributed by atoms with van der Waals surface area (Å²) in [5.74, 6) is -1.02. The molecule has 18 heavy (non-hydrogen) atoms. The first-order chi connectivity index (χ1) is 8.63. The van der Waals surface area contributed by atoms with Crippen LogP contribution in [0, 0.1) is 11.6 Å². The van der Waals surface area contributed by atoms with Crippen molar-refractivity contribution in [2.45, 2.75) is 25.9 Å². The average Bonchev–Trinajstić information content (AvgIpc) is 2.35. The highest BCUT2D eigenvalue weighted by Crippen LogP contribution is 2.11. The van der Waals surface area contributed by atoms with Gasteiger partial charge in [0.15, 0.2) is 0 Å². The van der Waals surface area contributed by atoms with Crippen molar-refractivity contribution in [3.63, 3.8) is 0 Å². The molecule has 0 unspecified atom stereocenters. The van der Waals surface area contributed by atoms with Crippen molar-refractivity contribution >= 4 is 21.7 Å². The van der Waals surface area contributed by atoms with E-state index in [2.05, 4.69) is 15.9 Å². The maximum absolute atomic E-state index is 13.2. The lowest BCUT2D eigenvalue weighted by molar-refractivity contribution is -0.116. The van der Waals surface area contributed by atoms with Gasteiger partial charge in [-0.25, -0.2) is 8.78 Å². The smallest absolute Gasteiger partial charge is 0.143 e. The molecule has 1 aromatic rings. The van der Waals surface area contributed by atoms with Crippen LogP contribution in [0.2, 0.25) is 0 Å². The van der Waals surface area contributed by atoms with Crippen molar-refractivity contribution in [2.75, 3.05) is 11.9 Å². The van der Waals surface area contributed by atoms with Gasteiger partial charge in [0, 0.05) is 24.7 Å². The van der Waals surface area contributed by atoms with Gasteiger partial charge in [0.2, 0.25) is 0 Å². The number of Topliss-reactive ketones (excluding diaryl/α,β-unsaturated/α-hetero) is 1. The van der Waals surface area contributed by atoms with E-state index in [4.69, 9.17) is 4.74 Å². The molecule has 0 bridgehead atoms. The van der Waals surface area contributed by atoms with Gasteiger partial charge in [0.05, 0.1) is 11.9 Å². The van der Waals surface area contributed by atoms with Gasteiger partial charge in [-0.15, -0.1) is 0 Å². The maximum atomic E-state index is 13.2. The Morgan fingerprint density at radius 2 is 2.06 bits per heavy atom. The number of alkyl halides is 1. The summed E-state index contributed by atoms with van der Waals surface area (Å²) >= 11 is 3.09. The molecule has 0 amide bonds. The van der Waals surface area contributed by atoms with Gasteiger partial charge in [-0.3, -0.25) is 4.79 Å². The molecule has 1 rings (SSSR count). The highest BCUT2D eigenvalue weighted by atomic mass is 79.9. The molecule has 0 fully saturated rings. The van der Waals surface area contributed by atoms with E-state index in [0.29, 0.717) is 23.9 Å². The fourth-order valence-corrected chi connectivity index (χ4v) is 1.69. The minimum absolute atomic E-state index is 0.124. The minimum atomic E-state index is -0.593. The van der Waals surface area contributed by atoms with Crippen LogP contribution in [-0.4, -0.2) is 17.7 Å². The normalized spacial score (nSPS) is 10.6. The van der Waals surface area contributed by atoms with Crippen LogP contribution in [0.15, 0.2) is 18.2 Å². The monoisotopic (exact) mass is 320 g/mol. The molecule has 0 spiro atoms. The van der Waals surface area contributed by atoms with Gasteiger partial charge < -0.3 is 4.74 Å². The third kappa shape index (κ3) is 5.69. The highest BCUT2D eigenvalue weighted by Gasteiger charge is 2.04. The van der Waals surface area contributed by atoms with Crippen LogP contribution in [-0.2, 0) is 16.1 Å². The van der Waals surface area contributed by atoms with Crippen LogP contribution in [0.4, 0.5) is 8.78 Å². The van der Waals surface area contributed by atoms with Gasteiger partial charge in [-0.1, -0.05) is 22.0 Å². The molecule has 0 aliphatic heterocycles. The number of rotatable bonds is 8. The molecule has 1 aromatic carbocycles. The Morgan fingerprint density at radius 1 is 1.28 bits per heavy atom. The Bertz CT molecular complexity index is 397. The van der Waals surface area contributed by atoms with Crippen molar-refractivity contribution < 1.29 is 18.3 Å². The first-order valence-corrected chi connectivity index (χ1v) is 6.85. The highest BCUT2D eigenvalue weighted by molar-refractivity contribution is 9.09. The van der Waals surface area contributed by atoms with Crippen LogP contribution >= 0.6 is 15.9 Å². The lowest BCUT2D eigenvalue weighted by Crippen LogP contribution is -2.01. The van der Waals surface area contributed by atoms with Crippen LogP contribution in [0.5, 0.6) is 0 Å². The molecular formula is C13H15BrF2O2. The molecule has 0 aliphatic carbocycles. The number of hydrogen-bond donors (Lipinski definition) is 0. The fraction of sp³-hybridized carbons (Fsp3) is 0.462. The van der Waals surface area contributed by atoms with E-state index in [1.165, 1.54) is 12.1 Å². The summed E-state index contributed by atoms with van der Waals surface area (Å²) in [4.78, 5) is 11.0. The molecule has 0 aliphatic rings. The summed E-state index contributed by atoms with van der Waals surface area (Å²) in [5, 5.41) is 0.384. The topological polar surface area (TPSA) is 26.3 Å². The SMILES string of the molecule is O=C(CBr)CCCCOCc1ccc(F)cc1F. The molecule has 0 aromatic heterocycles. The zero-order chi connectivity index (χ0) is 13.4. The first-order valence-electron chi connectivity index (χ1n) is 5.73. The van der Waals surface area contributed by atoms with Crippen molar-refractivity contribution in [2.24, 2.45) is 0 Å². The number of hydrogen-bond acceptors (Lipinski definition) is 2. The Balaban J connectivity index is 2.16. The van der Waals surface area contributed by atoms with E-state index in [1.54, 1.807) is 0 Å². The third-order valence-corrected chi connectivity index (χ3v) is 3.04. The molecule has 0 saturated carbocycles. The zero-order valence-electron chi connectivity index (χ0n) is 9.93. The Hall–Kier alpha value is -0.810. The van der Waals surface area contributed by atoms with Crippen LogP contribution in [0.1, 0.15) is 24.8 Å². The van der Waals surface area contributed by atoms with E-state index < -0.39 is 11.6 Å². The first kappa shape index (κ1) is 15.2. The summed E-state index contributed by atoms with van der Waals surface area (Å²) in [7, 11) is 0. The maximum Gasteiger partial charge on any atom is 0.143 e. The fourth-order valence-electron chi connectivity index (χ4n) is 1.41. The number of benzene rings is 1. The molecule has 0 N–H and O–H groups in total. The molecule has 0 saturated heterocycles. The lowest BCUT2D eigenvalue weighted by Gasteiger charge is -2.05. The van der Waals surface area contributed by atoms with Crippen molar-refractivity contribution in [1.29, 1.82) is 0 Å². The predicted molar refractivity (Wildman–Crippen MR) is 68.7 cm³/mol. The molecule has 0 atom stereocenters. The predicted octanol–water partition coefficient (Wildman–Crippen LogP) is 3.62. The van der Waals surface area contributed by atoms with E-state index in [9.17, 15) is 13.6 Å². The van der Waals surface area contributed by atoms with Crippen LogP contribution < -0.4 is 0 Å². The summed E-state index contributed by atoms with van der Waals surface area (Å²) in [5.41, 5.74) is 0.341. The molecule has 2 nitrogen and oxygen atoms in total. The molecule has 0 radical (unpaired) electrons. The Labute approximate surface area is 113 Å². The number of ketones is 1. The van der Waals surface area contributed by atoms with Crippen molar-refractivity contribution in [1.82, 2.24) is 0 Å². The second-order valence-corrected chi connectivity index (χ2v) is 4.48. The second kappa shape index (κ2) is 8.32. The van der Waals surface area contributed by atoms with Crippen LogP contribution in [0.25, 0.3) is 0 Å². The van der Waals surface area contributed by atoms with E-state index in [0.717, 1.165) is 18.9 Å². The largest absolute Gasteiger partial charge is 0.377 e. The van der Waals surface area contributed by atoms with Crippen molar-refractivity contribution in [3.05, 3.63) is 35.4 Å². The van der Waals surface area contributed by atoms with Crippen molar-refractivity contribution in [3.8, 4) is 0 Å². The van der Waals surface area contributed by atoms with Gasteiger partial charge in [-0.05, 0) is 18.9 Å². The number of unbranched alkanes of at least 4 members (excludes halogenated alkanes) is 1. The van der Waals surface area contributed by atoms with Gasteiger partial charge in [0.25, 0.3) is 0 Å². The van der Waals surface area contributed by atoms with Gasteiger partial charge in [0.1, 0.15) is 17.4 Å². The van der Waals surface area contributed by atoms with E-state index in [1.807, 2.05) is 0 Å². The minimum Gasteiger partial charge on any atom is -0.377 e. The van der Waals surface area contributed by atoms with E-state index in [-0.39, 0.29) is 12.4 Å². The summed E-state index contributed by atoms with van der Waals surface area (Å²) in [6, 6.07) is 3.42. The van der Waals surface area contributed by atoms with Gasteiger partial charge >= 0.3 is 0 Å². The Kier molecular flexibility index (Phi) is 7.05. The molecule has 100 valence electrons. The summed E-state index contributed by atoms with van der Waals surface area (Å²) in [6.07, 6.45) is 2.04. The number of carbonyl (C=O) groups is 1. The molecular weight excluding hydrogens is 306 g/mol. The standard InChI is InChI=1S/C13H15BrF2O2/c14-8-12(17)3-1-2-6-18-9-10-4-5-11(15)7-13(10)16/h4-5,7H,1-3,6,8-9H2. The average molecular weight is 321 g/mol. The zero-order valence-corrected chi connectivity index (χ0v) is 11.5. The number of carbonyl (C=O) groups excluding carboxylic acids is 1. The van der Waals surface area contributed by atoms with Crippen LogP contribution in [0.3, 0.4) is 0 Å². The third-order valence-electron chi connectivity index (χ3n) is 2.42. The quantitative estimate of drug-likeness (QED) is 0.540. The summed E-state index contributed by atoms with van der Waals surface area (Å²) < 4.78 is 31.1. The number of halogens is 3. The molecule has 0 heterocycles. The van der Waals surface area contributed by atoms with E-state index >= 15 is 0 Å².